The first-order valence-electron chi connectivity index (χ1n) is 5.15. The lowest BCUT2D eigenvalue weighted by molar-refractivity contribution is -0.134. The maximum absolute atomic E-state index is 11.5. The van der Waals surface area contributed by atoms with Gasteiger partial charge in [-0.1, -0.05) is 5.92 Å². The van der Waals surface area contributed by atoms with Crippen LogP contribution in [0.5, 0.6) is 0 Å². The lowest BCUT2D eigenvalue weighted by atomic mass is 10.3. The minimum absolute atomic E-state index is 0.0642. The molecule has 90 valence electrons. The lowest BCUT2D eigenvalue weighted by Gasteiger charge is -2.17. The van der Waals surface area contributed by atoms with Crippen LogP contribution in [0.25, 0.3) is 0 Å². The fourth-order valence-corrected chi connectivity index (χ4v) is 1.05. The van der Waals surface area contributed by atoms with Crippen molar-refractivity contribution >= 4 is 11.8 Å². The van der Waals surface area contributed by atoms with Crippen molar-refractivity contribution in [3.8, 4) is 12.3 Å². The van der Waals surface area contributed by atoms with E-state index in [0.29, 0.717) is 6.54 Å². The van der Waals surface area contributed by atoms with Crippen molar-refractivity contribution in [1.29, 1.82) is 0 Å². The number of hydrogen-bond donors (Lipinski definition) is 2. The molecule has 0 unspecified atom stereocenters. The number of hydrogen-bond acceptors (Lipinski definition) is 3. The molecule has 0 aromatic rings. The molecule has 2 amide bonds. The van der Waals surface area contributed by atoms with E-state index in [-0.39, 0.29) is 30.9 Å². The van der Waals surface area contributed by atoms with Gasteiger partial charge in [-0.3, -0.25) is 14.9 Å². The van der Waals surface area contributed by atoms with Crippen LogP contribution in [0.1, 0.15) is 13.8 Å². The minimum Gasteiger partial charge on any atom is -0.352 e. The van der Waals surface area contributed by atoms with Crippen LogP contribution in [-0.2, 0) is 9.59 Å². The molecule has 2 N–H and O–H groups in total. The average molecular weight is 225 g/mol. The van der Waals surface area contributed by atoms with E-state index in [4.69, 9.17) is 6.42 Å². The highest BCUT2D eigenvalue weighted by Gasteiger charge is 2.12. The molecular weight excluding hydrogens is 206 g/mol. The molecule has 5 heteroatoms. The first-order chi connectivity index (χ1) is 7.47. The zero-order valence-corrected chi connectivity index (χ0v) is 10.0. The molecule has 16 heavy (non-hydrogen) atoms. The van der Waals surface area contributed by atoms with Crippen LogP contribution in [0.2, 0.25) is 0 Å². The first-order valence-corrected chi connectivity index (χ1v) is 5.15. The maximum atomic E-state index is 11.5. The number of likely N-dealkylation sites (N-methyl/N-ethyl adjacent to an activating group) is 1. The van der Waals surface area contributed by atoms with Gasteiger partial charge in [-0.2, -0.15) is 0 Å². The molecule has 0 spiro atoms. The lowest BCUT2D eigenvalue weighted by Crippen LogP contribution is -2.43. The molecular formula is C11H19N3O2. The molecule has 0 fully saturated rings. The molecule has 0 aliphatic heterocycles. The summed E-state index contributed by atoms with van der Waals surface area (Å²) < 4.78 is 0. The Morgan fingerprint density at radius 2 is 2.06 bits per heavy atom. The van der Waals surface area contributed by atoms with Crippen LogP contribution in [0.4, 0.5) is 0 Å². The Morgan fingerprint density at radius 1 is 1.44 bits per heavy atom. The number of nitrogens with zero attached hydrogens (tertiary/aromatic N) is 1. The van der Waals surface area contributed by atoms with Crippen molar-refractivity contribution in [2.75, 3.05) is 26.7 Å². The summed E-state index contributed by atoms with van der Waals surface area (Å²) in [5.41, 5.74) is 0. The van der Waals surface area contributed by atoms with Crippen LogP contribution in [0, 0.1) is 12.3 Å². The zero-order valence-electron chi connectivity index (χ0n) is 10.0. The third-order valence-corrected chi connectivity index (χ3v) is 1.76. The summed E-state index contributed by atoms with van der Waals surface area (Å²) in [7, 11) is 1.58. The summed E-state index contributed by atoms with van der Waals surface area (Å²) in [6.07, 6.45) is 5.02. The van der Waals surface area contributed by atoms with E-state index in [1.165, 1.54) is 4.90 Å². The van der Waals surface area contributed by atoms with Crippen molar-refractivity contribution < 1.29 is 9.59 Å². The second kappa shape index (κ2) is 7.71. The van der Waals surface area contributed by atoms with Crippen LogP contribution < -0.4 is 10.6 Å². The van der Waals surface area contributed by atoms with Crippen molar-refractivity contribution in [2.24, 2.45) is 0 Å². The quantitative estimate of drug-likeness (QED) is 0.459. The summed E-state index contributed by atoms with van der Waals surface area (Å²) in [6.45, 7) is 4.30. The highest BCUT2D eigenvalue weighted by molar-refractivity contribution is 5.85. The van der Waals surface area contributed by atoms with Gasteiger partial charge in [-0.25, -0.2) is 0 Å². The van der Waals surface area contributed by atoms with E-state index < -0.39 is 0 Å². The Kier molecular flexibility index (Phi) is 6.97. The van der Waals surface area contributed by atoms with E-state index in [9.17, 15) is 9.59 Å². The van der Waals surface area contributed by atoms with Gasteiger partial charge in [0.05, 0.1) is 19.6 Å². The van der Waals surface area contributed by atoms with Gasteiger partial charge in [-0.15, -0.1) is 6.42 Å². The molecule has 0 heterocycles. The average Bonchev–Trinajstić information content (AvgIpc) is 2.16. The molecule has 0 bridgehead atoms. The fraction of sp³-hybridized carbons (Fsp3) is 0.636. The molecule has 0 rings (SSSR count). The number of terminal acetylenes is 1. The minimum atomic E-state index is -0.164. The summed E-state index contributed by atoms with van der Waals surface area (Å²) in [6, 6.07) is 0.0792. The van der Waals surface area contributed by atoms with Gasteiger partial charge in [0.25, 0.3) is 0 Å². The Morgan fingerprint density at radius 3 is 2.56 bits per heavy atom. The molecule has 5 nitrogen and oxygen atoms in total. The monoisotopic (exact) mass is 225 g/mol. The summed E-state index contributed by atoms with van der Waals surface area (Å²) in [5.74, 6) is 2.05. The van der Waals surface area contributed by atoms with Gasteiger partial charge in [0.1, 0.15) is 0 Å². The molecule has 0 atom stereocenters. The number of carbonyl (C=O) groups excluding carboxylic acids is 2. The maximum Gasteiger partial charge on any atom is 0.239 e. The molecule has 0 aliphatic carbocycles. The number of carbonyl (C=O) groups is 2. The van der Waals surface area contributed by atoms with Crippen LogP contribution in [0.3, 0.4) is 0 Å². The molecule has 0 aromatic carbocycles. The predicted octanol–water partition coefficient (Wildman–Crippen LogP) is -0.808. The van der Waals surface area contributed by atoms with E-state index in [1.807, 2.05) is 13.8 Å². The standard InChI is InChI=1S/C11H19N3O2/c1-5-6-12-7-11(16)14(4)8-10(15)13-9(2)3/h1,9,12H,6-8H2,2-4H3,(H,13,15). The fourth-order valence-electron chi connectivity index (χ4n) is 1.05. The van der Waals surface area contributed by atoms with Crippen LogP contribution in [-0.4, -0.2) is 49.4 Å². The van der Waals surface area contributed by atoms with Gasteiger partial charge in [0, 0.05) is 13.1 Å². The Labute approximate surface area is 96.6 Å². The van der Waals surface area contributed by atoms with E-state index >= 15 is 0 Å². The van der Waals surface area contributed by atoms with Crippen molar-refractivity contribution in [2.45, 2.75) is 19.9 Å². The van der Waals surface area contributed by atoms with Crippen LogP contribution >= 0.6 is 0 Å². The predicted molar refractivity (Wildman–Crippen MR) is 62.6 cm³/mol. The Hall–Kier alpha value is -1.54. The Bertz CT molecular complexity index is 281. The number of nitrogens with one attached hydrogen (secondary N) is 2. The SMILES string of the molecule is C#CCNCC(=O)N(C)CC(=O)NC(C)C. The zero-order chi connectivity index (χ0) is 12.6. The summed E-state index contributed by atoms with van der Waals surface area (Å²) >= 11 is 0. The summed E-state index contributed by atoms with van der Waals surface area (Å²) in [4.78, 5) is 24.2. The second-order valence-corrected chi connectivity index (χ2v) is 3.78. The smallest absolute Gasteiger partial charge is 0.239 e. The van der Waals surface area contributed by atoms with Gasteiger partial charge in [-0.05, 0) is 13.8 Å². The second-order valence-electron chi connectivity index (χ2n) is 3.78. The molecule has 0 saturated heterocycles. The van der Waals surface area contributed by atoms with Crippen molar-refractivity contribution in [1.82, 2.24) is 15.5 Å². The topological polar surface area (TPSA) is 61.4 Å². The third-order valence-electron chi connectivity index (χ3n) is 1.76. The third kappa shape index (κ3) is 6.85. The number of amides is 2. The molecule has 0 aliphatic rings. The largest absolute Gasteiger partial charge is 0.352 e. The van der Waals surface area contributed by atoms with Gasteiger partial charge >= 0.3 is 0 Å². The first kappa shape index (κ1) is 14.5. The van der Waals surface area contributed by atoms with Crippen molar-refractivity contribution in [3.63, 3.8) is 0 Å². The molecule has 0 aromatic heterocycles. The van der Waals surface area contributed by atoms with Crippen molar-refractivity contribution in [3.05, 3.63) is 0 Å². The van der Waals surface area contributed by atoms with Crippen LogP contribution in [0.15, 0.2) is 0 Å². The van der Waals surface area contributed by atoms with E-state index in [1.54, 1.807) is 7.05 Å². The highest BCUT2D eigenvalue weighted by Crippen LogP contribution is 1.85. The van der Waals surface area contributed by atoms with E-state index in [2.05, 4.69) is 16.6 Å². The van der Waals surface area contributed by atoms with Gasteiger partial charge < -0.3 is 10.2 Å². The van der Waals surface area contributed by atoms with Gasteiger partial charge in [0.15, 0.2) is 0 Å². The van der Waals surface area contributed by atoms with E-state index in [0.717, 1.165) is 0 Å². The Balaban J connectivity index is 3.87. The molecule has 0 radical (unpaired) electrons. The normalized spacial score (nSPS) is 9.69. The van der Waals surface area contributed by atoms with Gasteiger partial charge in [0.2, 0.25) is 11.8 Å². The molecule has 0 saturated carbocycles. The highest BCUT2D eigenvalue weighted by atomic mass is 16.2. The summed E-state index contributed by atoms with van der Waals surface area (Å²) in [5, 5.41) is 5.48. The number of rotatable bonds is 6.